The highest BCUT2D eigenvalue weighted by Gasteiger charge is 2.37. The number of halogens is 1. The second-order valence-electron chi connectivity index (χ2n) is 5.25. The smallest absolute Gasteiger partial charge is 0.132 e. The van der Waals surface area contributed by atoms with Crippen LogP contribution in [0.5, 0.6) is 5.75 Å². The van der Waals surface area contributed by atoms with E-state index in [0.717, 1.165) is 19.3 Å². The number of benzene rings is 1. The van der Waals surface area contributed by atoms with E-state index < -0.39 is 5.60 Å². The second-order valence-corrected chi connectivity index (χ2v) is 5.25. The molecule has 0 spiro atoms. The summed E-state index contributed by atoms with van der Waals surface area (Å²) in [6.45, 7) is 2.13. The van der Waals surface area contributed by atoms with Crippen LogP contribution >= 0.6 is 0 Å². The van der Waals surface area contributed by atoms with E-state index in [4.69, 9.17) is 4.74 Å². The van der Waals surface area contributed by atoms with Crippen LogP contribution in [0.2, 0.25) is 0 Å². The van der Waals surface area contributed by atoms with Crippen molar-refractivity contribution in [2.24, 2.45) is 5.92 Å². The van der Waals surface area contributed by atoms with Gasteiger partial charge < -0.3 is 9.84 Å². The molecule has 1 saturated carbocycles. The molecule has 0 aromatic heterocycles. The van der Waals surface area contributed by atoms with Crippen LogP contribution in [-0.4, -0.2) is 12.2 Å². The van der Waals surface area contributed by atoms with E-state index in [1.807, 2.05) is 0 Å². The predicted molar refractivity (Wildman–Crippen MR) is 69.1 cm³/mol. The summed E-state index contributed by atoms with van der Waals surface area (Å²) in [5.74, 6) is 0.613. The molecular weight excluding hydrogens is 231 g/mol. The van der Waals surface area contributed by atoms with Crippen molar-refractivity contribution < 1.29 is 14.2 Å². The molecule has 2 nitrogen and oxygen atoms in total. The molecule has 1 aliphatic rings. The maximum Gasteiger partial charge on any atom is 0.132 e. The number of hydrogen-bond acceptors (Lipinski definition) is 2. The van der Waals surface area contributed by atoms with Gasteiger partial charge >= 0.3 is 0 Å². The quantitative estimate of drug-likeness (QED) is 0.890. The Balaban J connectivity index is 2.29. The topological polar surface area (TPSA) is 29.5 Å². The summed E-state index contributed by atoms with van der Waals surface area (Å²) in [5, 5.41) is 10.7. The molecule has 2 unspecified atom stereocenters. The molecule has 0 heterocycles. The Morgan fingerprint density at radius 2 is 2.28 bits per heavy atom. The Bertz CT molecular complexity index is 419. The van der Waals surface area contributed by atoms with E-state index in [0.29, 0.717) is 30.1 Å². The lowest BCUT2D eigenvalue weighted by atomic mass is 9.73. The molecule has 3 heteroatoms. The fraction of sp³-hybridized carbons (Fsp3) is 0.600. The molecule has 1 aromatic rings. The Hall–Kier alpha value is -1.09. The molecule has 0 bridgehead atoms. The molecule has 0 radical (unpaired) electrons. The minimum atomic E-state index is -1.00. The van der Waals surface area contributed by atoms with Crippen LogP contribution in [0.25, 0.3) is 0 Å². The normalized spacial score (nSPS) is 28.1. The largest absolute Gasteiger partial charge is 0.497 e. The van der Waals surface area contributed by atoms with Crippen molar-refractivity contribution in [3.8, 4) is 5.75 Å². The van der Waals surface area contributed by atoms with Crippen LogP contribution in [0.15, 0.2) is 18.2 Å². The minimum absolute atomic E-state index is 0.367. The lowest BCUT2D eigenvalue weighted by Crippen LogP contribution is -2.33. The van der Waals surface area contributed by atoms with Crippen LogP contribution in [-0.2, 0) is 5.60 Å². The molecular formula is C15H21FO2. The zero-order chi connectivity index (χ0) is 13.2. The molecule has 0 amide bonds. The van der Waals surface area contributed by atoms with Crippen LogP contribution in [0.3, 0.4) is 0 Å². The molecule has 18 heavy (non-hydrogen) atoms. The number of aliphatic hydroxyl groups is 1. The van der Waals surface area contributed by atoms with E-state index >= 15 is 0 Å². The Kier molecular flexibility index (Phi) is 3.91. The first-order valence-electron chi connectivity index (χ1n) is 6.65. The first-order chi connectivity index (χ1) is 8.59. The van der Waals surface area contributed by atoms with E-state index in [9.17, 15) is 9.50 Å². The number of methoxy groups -OCH3 is 1. The van der Waals surface area contributed by atoms with Crippen LogP contribution in [0.4, 0.5) is 4.39 Å². The predicted octanol–water partition coefficient (Wildman–Crippen LogP) is 3.62. The van der Waals surface area contributed by atoms with Crippen LogP contribution in [0.1, 0.15) is 44.6 Å². The zero-order valence-electron chi connectivity index (χ0n) is 11.1. The highest BCUT2D eigenvalue weighted by Crippen LogP contribution is 2.42. The third-order valence-electron chi connectivity index (χ3n) is 4.08. The number of rotatable bonds is 3. The molecule has 2 rings (SSSR count). The van der Waals surface area contributed by atoms with Gasteiger partial charge in [-0.1, -0.05) is 19.8 Å². The van der Waals surface area contributed by atoms with Crippen molar-refractivity contribution in [1.29, 1.82) is 0 Å². The molecule has 1 aliphatic carbocycles. The minimum Gasteiger partial charge on any atom is -0.497 e. The Morgan fingerprint density at radius 3 is 2.89 bits per heavy atom. The molecule has 1 aromatic carbocycles. The van der Waals surface area contributed by atoms with E-state index in [1.165, 1.54) is 13.2 Å². The molecule has 100 valence electrons. The molecule has 0 saturated heterocycles. The molecule has 2 atom stereocenters. The number of ether oxygens (including phenoxy) is 1. The maximum atomic E-state index is 14.1. The standard InChI is InChI=1S/C15H21FO2/c1-3-11-5-4-8-15(17,10-11)13-7-6-12(18-2)9-14(13)16/h6-7,9,11,17H,3-5,8,10H2,1-2H3. The third-order valence-corrected chi connectivity index (χ3v) is 4.08. The van der Waals surface area contributed by atoms with E-state index in [1.54, 1.807) is 12.1 Å². The average Bonchev–Trinajstić information content (AvgIpc) is 2.38. The van der Waals surface area contributed by atoms with Gasteiger partial charge in [-0.25, -0.2) is 4.39 Å². The fourth-order valence-electron chi connectivity index (χ4n) is 2.96. The molecule has 1 N–H and O–H groups in total. The average molecular weight is 252 g/mol. The van der Waals surface area contributed by atoms with Gasteiger partial charge in [-0.3, -0.25) is 0 Å². The molecule has 0 aliphatic heterocycles. The van der Waals surface area contributed by atoms with Gasteiger partial charge in [-0.15, -0.1) is 0 Å². The number of hydrogen-bond donors (Lipinski definition) is 1. The van der Waals surface area contributed by atoms with Crippen molar-refractivity contribution in [2.45, 2.75) is 44.6 Å². The van der Waals surface area contributed by atoms with Gasteiger partial charge in [0.05, 0.1) is 12.7 Å². The SMILES string of the molecule is CCC1CCCC(O)(c2ccc(OC)cc2F)C1. The maximum absolute atomic E-state index is 14.1. The van der Waals surface area contributed by atoms with Crippen LogP contribution in [0, 0.1) is 11.7 Å². The summed E-state index contributed by atoms with van der Waals surface area (Å²) in [6, 6.07) is 4.72. The molecule has 1 fully saturated rings. The van der Waals surface area contributed by atoms with Crippen molar-refractivity contribution >= 4 is 0 Å². The van der Waals surface area contributed by atoms with Gasteiger partial charge in [-0.05, 0) is 37.3 Å². The van der Waals surface area contributed by atoms with Gasteiger partial charge in [0.25, 0.3) is 0 Å². The summed E-state index contributed by atoms with van der Waals surface area (Å²) in [5.41, 5.74) is -0.587. The van der Waals surface area contributed by atoms with Crippen LogP contribution < -0.4 is 4.74 Å². The Labute approximate surface area is 108 Å². The van der Waals surface area contributed by atoms with Gasteiger partial charge in [-0.2, -0.15) is 0 Å². The zero-order valence-corrected chi connectivity index (χ0v) is 11.1. The van der Waals surface area contributed by atoms with Crippen molar-refractivity contribution in [2.75, 3.05) is 7.11 Å². The monoisotopic (exact) mass is 252 g/mol. The van der Waals surface area contributed by atoms with Crippen molar-refractivity contribution in [1.82, 2.24) is 0 Å². The summed E-state index contributed by atoms with van der Waals surface area (Å²) >= 11 is 0. The highest BCUT2D eigenvalue weighted by molar-refractivity contribution is 5.32. The van der Waals surface area contributed by atoms with Gasteiger partial charge in [0, 0.05) is 11.6 Å². The van der Waals surface area contributed by atoms with Crippen molar-refractivity contribution in [3.05, 3.63) is 29.6 Å². The highest BCUT2D eigenvalue weighted by atomic mass is 19.1. The summed E-state index contributed by atoms with van der Waals surface area (Å²) in [4.78, 5) is 0. The van der Waals surface area contributed by atoms with Crippen molar-refractivity contribution in [3.63, 3.8) is 0 Å². The van der Waals surface area contributed by atoms with Gasteiger partial charge in [0.15, 0.2) is 0 Å². The first kappa shape index (κ1) is 13.3. The van der Waals surface area contributed by atoms with Gasteiger partial charge in [0.2, 0.25) is 0 Å². The lowest BCUT2D eigenvalue weighted by molar-refractivity contribution is -0.0245. The van der Waals surface area contributed by atoms with E-state index in [2.05, 4.69) is 6.92 Å². The Morgan fingerprint density at radius 1 is 1.50 bits per heavy atom. The van der Waals surface area contributed by atoms with E-state index in [-0.39, 0.29) is 5.82 Å². The summed E-state index contributed by atoms with van der Waals surface area (Å²) in [6.07, 6.45) is 4.44. The third kappa shape index (κ3) is 2.51. The summed E-state index contributed by atoms with van der Waals surface area (Å²) in [7, 11) is 1.51. The van der Waals surface area contributed by atoms with Gasteiger partial charge in [0.1, 0.15) is 11.6 Å². The fourth-order valence-corrected chi connectivity index (χ4v) is 2.96. The first-order valence-corrected chi connectivity index (χ1v) is 6.65. The lowest BCUT2D eigenvalue weighted by Gasteiger charge is -2.37. The summed E-state index contributed by atoms with van der Waals surface area (Å²) < 4.78 is 19.0. The second kappa shape index (κ2) is 5.27.